The Labute approximate surface area is 141 Å². The minimum atomic E-state index is -0.270. The molecule has 4 rings (SSSR count). The van der Waals surface area contributed by atoms with Crippen LogP contribution < -0.4 is 10.2 Å². The number of thiophene rings is 1. The van der Waals surface area contributed by atoms with Crippen LogP contribution in [-0.4, -0.2) is 0 Å². The second-order valence-electron chi connectivity index (χ2n) is 5.72. The highest BCUT2D eigenvalue weighted by Gasteiger charge is 2.31. The second kappa shape index (κ2) is 5.25. The van der Waals surface area contributed by atoms with E-state index in [4.69, 9.17) is 20.8 Å². The molecule has 3 aromatic rings. The Morgan fingerprint density at radius 2 is 2.13 bits per heavy atom. The molecule has 2 aromatic heterocycles. The molecule has 1 atom stereocenters. The molecule has 3 heterocycles. The van der Waals surface area contributed by atoms with Gasteiger partial charge < -0.3 is 9.15 Å². The average molecular weight is 345 g/mol. The van der Waals surface area contributed by atoms with Crippen molar-refractivity contribution in [3.05, 3.63) is 62.1 Å². The molecule has 0 saturated carbocycles. The standard InChI is InChI=1S/C18H13ClO3S/c1-9(2)7-14-11-5-6-23-18(11)17-16(22-14)15(20)12-8-10(19)3-4-13(12)21-17/h3-8,14H,1-2H3. The van der Waals surface area contributed by atoms with Crippen LogP contribution in [0.15, 0.2) is 50.5 Å². The van der Waals surface area contributed by atoms with Crippen LogP contribution in [-0.2, 0) is 0 Å². The zero-order valence-electron chi connectivity index (χ0n) is 12.6. The lowest BCUT2D eigenvalue weighted by atomic mass is 10.0. The van der Waals surface area contributed by atoms with Crippen molar-refractivity contribution in [2.45, 2.75) is 20.0 Å². The number of hydrogen-bond donors (Lipinski definition) is 0. The number of benzene rings is 1. The number of fused-ring (bicyclic) bond motifs is 4. The molecule has 3 nitrogen and oxygen atoms in total. The summed E-state index contributed by atoms with van der Waals surface area (Å²) < 4.78 is 12.0. The Kier molecular flexibility index (Phi) is 3.32. The third kappa shape index (κ3) is 2.30. The summed E-state index contributed by atoms with van der Waals surface area (Å²) in [4.78, 5) is 13.8. The number of hydrogen-bond acceptors (Lipinski definition) is 4. The summed E-state index contributed by atoms with van der Waals surface area (Å²) in [6.45, 7) is 4.02. The molecule has 0 aliphatic carbocycles. The van der Waals surface area contributed by atoms with Gasteiger partial charge in [0.15, 0.2) is 5.76 Å². The first-order valence-electron chi connectivity index (χ1n) is 7.20. The maximum atomic E-state index is 12.8. The maximum Gasteiger partial charge on any atom is 0.235 e. The zero-order chi connectivity index (χ0) is 16.1. The first-order chi connectivity index (χ1) is 11.0. The van der Waals surface area contributed by atoms with E-state index < -0.39 is 0 Å². The summed E-state index contributed by atoms with van der Waals surface area (Å²) >= 11 is 7.56. The third-order valence-electron chi connectivity index (χ3n) is 3.75. The summed E-state index contributed by atoms with van der Waals surface area (Å²) in [5.74, 6) is 0.769. The van der Waals surface area contributed by atoms with Crippen molar-refractivity contribution in [3.63, 3.8) is 0 Å². The molecule has 1 aromatic carbocycles. The van der Waals surface area contributed by atoms with E-state index in [9.17, 15) is 4.79 Å². The van der Waals surface area contributed by atoms with Gasteiger partial charge in [-0.05, 0) is 49.6 Å². The smallest absolute Gasteiger partial charge is 0.235 e. The van der Waals surface area contributed by atoms with Crippen LogP contribution in [0, 0.1) is 0 Å². The van der Waals surface area contributed by atoms with Gasteiger partial charge in [0.05, 0.1) is 10.3 Å². The topological polar surface area (TPSA) is 39.4 Å². The lowest BCUT2D eigenvalue weighted by Crippen LogP contribution is -2.17. The highest BCUT2D eigenvalue weighted by atomic mass is 35.5. The van der Waals surface area contributed by atoms with E-state index in [1.54, 1.807) is 29.5 Å². The van der Waals surface area contributed by atoms with E-state index in [0.29, 0.717) is 21.8 Å². The van der Waals surface area contributed by atoms with Gasteiger partial charge in [-0.1, -0.05) is 17.2 Å². The van der Waals surface area contributed by atoms with Crippen molar-refractivity contribution in [2.24, 2.45) is 0 Å². The van der Waals surface area contributed by atoms with Gasteiger partial charge in [0.1, 0.15) is 11.7 Å². The molecule has 0 spiro atoms. The van der Waals surface area contributed by atoms with Crippen LogP contribution >= 0.6 is 22.9 Å². The summed E-state index contributed by atoms with van der Waals surface area (Å²) in [6, 6.07) is 7.06. The normalized spacial score (nSPS) is 15.7. The fourth-order valence-electron chi connectivity index (χ4n) is 2.75. The van der Waals surface area contributed by atoms with Crippen LogP contribution in [0.1, 0.15) is 25.5 Å². The highest BCUT2D eigenvalue weighted by molar-refractivity contribution is 7.13. The van der Waals surface area contributed by atoms with Gasteiger partial charge in [0.25, 0.3) is 0 Å². The molecule has 23 heavy (non-hydrogen) atoms. The van der Waals surface area contributed by atoms with Gasteiger partial charge in [-0.25, -0.2) is 0 Å². The quantitative estimate of drug-likeness (QED) is 0.541. The first kappa shape index (κ1) is 14.5. The van der Waals surface area contributed by atoms with Crippen LogP contribution in [0.25, 0.3) is 21.6 Å². The Bertz CT molecular complexity index is 1010. The highest BCUT2D eigenvalue weighted by Crippen LogP contribution is 2.45. The van der Waals surface area contributed by atoms with E-state index in [1.165, 1.54) is 0 Å². The van der Waals surface area contributed by atoms with Crippen LogP contribution in [0.2, 0.25) is 5.02 Å². The SMILES string of the molecule is CC(C)=CC1Oc2c(oc3ccc(Cl)cc3c2=O)-c2sccc21. The molecule has 0 radical (unpaired) electrons. The van der Waals surface area contributed by atoms with Crippen molar-refractivity contribution in [3.8, 4) is 16.4 Å². The molecule has 0 fully saturated rings. The molecular weight excluding hydrogens is 332 g/mol. The molecule has 1 aliphatic heterocycles. The Morgan fingerprint density at radius 3 is 2.91 bits per heavy atom. The van der Waals surface area contributed by atoms with Gasteiger partial charge in [-0.2, -0.15) is 0 Å². The summed E-state index contributed by atoms with van der Waals surface area (Å²) in [7, 11) is 0. The molecule has 1 aliphatic rings. The minimum Gasteiger partial charge on any atom is -0.474 e. The Balaban J connectivity index is 2.03. The maximum absolute atomic E-state index is 12.8. The van der Waals surface area contributed by atoms with Gasteiger partial charge >= 0.3 is 0 Å². The molecule has 0 bridgehead atoms. The fourth-order valence-corrected chi connectivity index (χ4v) is 3.84. The van der Waals surface area contributed by atoms with Crippen molar-refractivity contribution in [1.82, 2.24) is 0 Å². The number of ether oxygens (including phenoxy) is 1. The van der Waals surface area contributed by atoms with Crippen LogP contribution in [0.5, 0.6) is 5.75 Å². The van der Waals surface area contributed by atoms with E-state index in [2.05, 4.69) is 0 Å². The Hall–Kier alpha value is -2.04. The van der Waals surface area contributed by atoms with Crippen molar-refractivity contribution < 1.29 is 9.15 Å². The van der Waals surface area contributed by atoms with E-state index in [-0.39, 0.29) is 17.3 Å². The van der Waals surface area contributed by atoms with E-state index >= 15 is 0 Å². The molecular formula is C18H13ClO3S. The molecule has 1 unspecified atom stereocenters. The summed E-state index contributed by atoms with van der Waals surface area (Å²) in [5, 5.41) is 2.92. The predicted octanol–water partition coefficient (Wildman–Crippen LogP) is 5.57. The Morgan fingerprint density at radius 1 is 1.30 bits per heavy atom. The summed E-state index contributed by atoms with van der Waals surface area (Å²) in [6.07, 6.45) is 1.74. The average Bonchev–Trinajstić information content (AvgIpc) is 2.99. The molecule has 0 N–H and O–H groups in total. The molecule has 5 heteroatoms. The van der Waals surface area contributed by atoms with Gasteiger partial charge in [-0.15, -0.1) is 11.3 Å². The number of halogens is 1. The lowest BCUT2D eigenvalue weighted by Gasteiger charge is -2.23. The van der Waals surface area contributed by atoms with E-state index in [0.717, 1.165) is 16.0 Å². The lowest BCUT2D eigenvalue weighted by molar-refractivity contribution is 0.242. The van der Waals surface area contributed by atoms with E-state index in [1.807, 2.05) is 31.4 Å². The van der Waals surface area contributed by atoms with Crippen LogP contribution in [0.4, 0.5) is 0 Å². The minimum absolute atomic E-state index is 0.185. The fraction of sp³-hybridized carbons (Fsp3) is 0.167. The van der Waals surface area contributed by atoms with Gasteiger partial charge in [0.2, 0.25) is 11.2 Å². The predicted molar refractivity (Wildman–Crippen MR) is 93.6 cm³/mol. The van der Waals surface area contributed by atoms with Crippen molar-refractivity contribution >= 4 is 33.9 Å². The number of allylic oxidation sites excluding steroid dienone is 1. The van der Waals surface area contributed by atoms with Gasteiger partial charge in [0, 0.05) is 10.6 Å². The molecule has 0 saturated heterocycles. The largest absolute Gasteiger partial charge is 0.474 e. The van der Waals surface area contributed by atoms with Crippen molar-refractivity contribution in [2.75, 3.05) is 0 Å². The number of rotatable bonds is 1. The molecule has 116 valence electrons. The monoisotopic (exact) mass is 344 g/mol. The third-order valence-corrected chi connectivity index (χ3v) is 4.91. The zero-order valence-corrected chi connectivity index (χ0v) is 14.1. The van der Waals surface area contributed by atoms with Crippen molar-refractivity contribution in [1.29, 1.82) is 0 Å². The van der Waals surface area contributed by atoms with Gasteiger partial charge in [-0.3, -0.25) is 4.79 Å². The molecule has 0 amide bonds. The summed E-state index contributed by atoms with van der Waals surface area (Å²) in [5.41, 5.74) is 2.49. The first-order valence-corrected chi connectivity index (χ1v) is 8.46. The van der Waals surface area contributed by atoms with Crippen LogP contribution in [0.3, 0.4) is 0 Å². The second-order valence-corrected chi connectivity index (χ2v) is 7.07.